The molecule has 72 valence electrons. The minimum atomic E-state index is -0.607. The normalized spacial score (nSPS) is 13.7. The molecule has 13 heavy (non-hydrogen) atoms. The lowest BCUT2D eigenvalue weighted by atomic mass is 10.7. The van der Waals surface area contributed by atoms with E-state index in [0.717, 1.165) is 0 Å². The zero-order valence-corrected chi connectivity index (χ0v) is 7.39. The van der Waals surface area contributed by atoms with Gasteiger partial charge in [-0.3, -0.25) is 0 Å². The van der Waals surface area contributed by atoms with Crippen LogP contribution >= 0.6 is 0 Å². The second kappa shape index (κ2) is 7.34. The number of hydrogen-bond donors (Lipinski definition) is 0. The summed E-state index contributed by atoms with van der Waals surface area (Å²) in [6.07, 6.45) is 1.47. The van der Waals surface area contributed by atoms with Crippen molar-refractivity contribution >= 4 is 12.2 Å². The fourth-order valence-corrected chi connectivity index (χ4v) is 0.459. The number of rotatable bonds is 6. The van der Waals surface area contributed by atoms with Crippen molar-refractivity contribution in [3.63, 3.8) is 0 Å². The van der Waals surface area contributed by atoms with E-state index >= 15 is 0 Å². The summed E-state index contributed by atoms with van der Waals surface area (Å²) in [7, 11) is 0. The van der Waals surface area contributed by atoms with Gasteiger partial charge in [0.25, 0.3) is 0 Å². The zero-order valence-electron chi connectivity index (χ0n) is 7.39. The van der Waals surface area contributed by atoms with E-state index in [1.165, 1.54) is 12.2 Å². The Labute approximate surface area is 75.3 Å². The molecule has 0 aromatic heterocycles. The van der Waals surface area contributed by atoms with Gasteiger partial charge in [-0.1, -0.05) is 0 Å². The van der Waals surface area contributed by atoms with Crippen molar-refractivity contribution in [1.29, 1.82) is 0 Å². The first kappa shape index (κ1) is 11.7. The second-order valence-electron chi connectivity index (χ2n) is 2.09. The Morgan fingerprint density at radius 1 is 1.08 bits per heavy atom. The molecule has 0 aromatic carbocycles. The van der Waals surface area contributed by atoms with Crippen LogP contribution in [0.1, 0.15) is 13.8 Å². The summed E-state index contributed by atoms with van der Waals surface area (Å²) in [5, 5.41) is 0. The van der Waals surface area contributed by atoms with E-state index in [-0.39, 0.29) is 6.79 Å². The van der Waals surface area contributed by atoms with Gasteiger partial charge in [0.05, 0.1) is 0 Å². The number of nitrogens with zero attached hydrogens (tertiary/aromatic N) is 2. The van der Waals surface area contributed by atoms with Crippen LogP contribution in [0.4, 0.5) is 0 Å². The minimum Gasteiger partial charge on any atom is -0.330 e. The van der Waals surface area contributed by atoms with Gasteiger partial charge < -0.3 is 9.47 Å². The molecule has 0 spiro atoms. The fraction of sp³-hybridized carbons (Fsp3) is 0.714. The molecule has 0 radical (unpaired) electrons. The molecule has 2 atom stereocenters. The van der Waals surface area contributed by atoms with Crippen molar-refractivity contribution in [3.05, 3.63) is 0 Å². The van der Waals surface area contributed by atoms with Crippen LogP contribution in [0.25, 0.3) is 0 Å². The predicted molar refractivity (Wildman–Crippen MR) is 42.2 cm³/mol. The van der Waals surface area contributed by atoms with E-state index in [4.69, 9.17) is 9.47 Å². The molecule has 0 saturated heterocycles. The molecule has 0 aliphatic carbocycles. The maximum Gasteiger partial charge on any atom is 0.237 e. The summed E-state index contributed by atoms with van der Waals surface area (Å²) in [4.78, 5) is 26.0. The van der Waals surface area contributed by atoms with Gasteiger partial charge in [0.1, 0.15) is 0 Å². The molecule has 6 nitrogen and oxygen atoms in total. The molecule has 0 bridgehead atoms. The smallest absolute Gasteiger partial charge is 0.237 e. The van der Waals surface area contributed by atoms with Crippen LogP contribution in [0.2, 0.25) is 0 Å². The van der Waals surface area contributed by atoms with E-state index in [9.17, 15) is 9.59 Å². The number of carbonyl (C=O) groups excluding carboxylic acids is 2. The van der Waals surface area contributed by atoms with E-state index in [2.05, 4.69) is 9.98 Å². The summed E-state index contributed by atoms with van der Waals surface area (Å²) < 4.78 is 9.72. The first-order valence-electron chi connectivity index (χ1n) is 3.58. The maximum absolute atomic E-state index is 9.73. The van der Waals surface area contributed by atoms with Crippen molar-refractivity contribution in [3.8, 4) is 0 Å². The summed E-state index contributed by atoms with van der Waals surface area (Å²) >= 11 is 0. The third-order valence-electron chi connectivity index (χ3n) is 1.09. The highest BCUT2D eigenvalue weighted by Crippen LogP contribution is 1.95. The number of hydrogen-bond acceptors (Lipinski definition) is 6. The first-order chi connectivity index (χ1) is 6.20. The van der Waals surface area contributed by atoms with Gasteiger partial charge in [0.15, 0.2) is 19.2 Å². The van der Waals surface area contributed by atoms with E-state index in [1.807, 2.05) is 0 Å². The fourth-order valence-electron chi connectivity index (χ4n) is 0.459. The molecular formula is C7H10N2O4. The lowest BCUT2D eigenvalue weighted by Gasteiger charge is -2.08. The third kappa shape index (κ3) is 7.05. The van der Waals surface area contributed by atoms with Crippen LogP contribution in [0, 0.1) is 0 Å². The summed E-state index contributed by atoms with van der Waals surface area (Å²) in [5.41, 5.74) is 0. The van der Waals surface area contributed by atoms with Crippen molar-refractivity contribution in [2.75, 3.05) is 6.79 Å². The Bertz CT molecular complexity index is 207. The lowest BCUT2D eigenvalue weighted by molar-refractivity contribution is -0.104. The Hall–Kier alpha value is -1.32. The Balaban J connectivity index is 3.55. The molecule has 0 saturated carbocycles. The van der Waals surface area contributed by atoms with Crippen molar-refractivity contribution in [1.82, 2.24) is 0 Å². The monoisotopic (exact) mass is 186 g/mol. The topological polar surface area (TPSA) is 77.3 Å². The van der Waals surface area contributed by atoms with Gasteiger partial charge in [-0.05, 0) is 13.8 Å². The molecule has 0 amide bonds. The summed E-state index contributed by atoms with van der Waals surface area (Å²) in [6, 6.07) is 0. The van der Waals surface area contributed by atoms with Crippen LogP contribution in [0.15, 0.2) is 9.98 Å². The minimum absolute atomic E-state index is 0.0985. The predicted octanol–water partition coefficient (Wildman–Crippen LogP) is 0.341. The van der Waals surface area contributed by atoms with Gasteiger partial charge in [-0.2, -0.15) is 9.98 Å². The molecule has 0 aromatic rings. The molecule has 0 rings (SSSR count). The van der Waals surface area contributed by atoms with Crippen LogP contribution < -0.4 is 0 Å². The lowest BCUT2D eigenvalue weighted by Crippen LogP contribution is -2.13. The quantitative estimate of drug-likeness (QED) is 0.340. The average Bonchev–Trinajstić information content (AvgIpc) is 2.05. The molecule has 6 heteroatoms. The van der Waals surface area contributed by atoms with Crippen molar-refractivity contribution in [2.24, 2.45) is 9.98 Å². The SMILES string of the molecule is CC(N=C=O)OCOC(C)N=C=O. The highest BCUT2D eigenvalue weighted by atomic mass is 16.7. The molecule has 0 aliphatic heterocycles. The average molecular weight is 186 g/mol. The second-order valence-corrected chi connectivity index (χ2v) is 2.09. The van der Waals surface area contributed by atoms with Crippen molar-refractivity contribution < 1.29 is 19.1 Å². The largest absolute Gasteiger partial charge is 0.330 e. The van der Waals surface area contributed by atoms with Gasteiger partial charge in [0.2, 0.25) is 12.2 Å². The van der Waals surface area contributed by atoms with E-state index in [1.54, 1.807) is 13.8 Å². The highest BCUT2D eigenvalue weighted by Gasteiger charge is 2.01. The van der Waals surface area contributed by atoms with E-state index < -0.39 is 12.5 Å². The van der Waals surface area contributed by atoms with Gasteiger partial charge >= 0.3 is 0 Å². The third-order valence-corrected chi connectivity index (χ3v) is 1.09. The number of ether oxygens (including phenoxy) is 2. The first-order valence-corrected chi connectivity index (χ1v) is 3.58. The summed E-state index contributed by atoms with van der Waals surface area (Å²) in [6.45, 7) is 3.02. The molecular weight excluding hydrogens is 176 g/mol. The molecule has 2 unspecified atom stereocenters. The van der Waals surface area contributed by atoms with Crippen LogP contribution in [0.5, 0.6) is 0 Å². The maximum atomic E-state index is 9.73. The number of isocyanates is 2. The Morgan fingerprint density at radius 2 is 1.46 bits per heavy atom. The van der Waals surface area contributed by atoms with Gasteiger partial charge in [0, 0.05) is 0 Å². The Kier molecular flexibility index (Phi) is 6.59. The zero-order chi connectivity index (χ0) is 10.1. The van der Waals surface area contributed by atoms with Gasteiger partial charge in [-0.15, -0.1) is 0 Å². The van der Waals surface area contributed by atoms with Crippen LogP contribution in [0.3, 0.4) is 0 Å². The summed E-state index contributed by atoms with van der Waals surface area (Å²) in [5.74, 6) is 0. The molecule has 0 heterocycles. The van der Waals surface area contributed by atoms with Crippen LogP contribution in [-0.2, 0) is 19.1 Å². The van der Waals surface area contributed by atoms with Gasteiger partial charge in [-0.25, -0.2) is 9.59 Å². The van der Waals surface area contributed by atoms with E-state index in [0.29, 0.717) is 0 Å². The highest BCUT2D eigenvalue weighted by molar-refractivity contribution is 5.33. The molecule has 0 N–H and O–H groups in total. The standard InChI is InChI=1S/C7H10N2O4/c1-6(8-3-10)12-5-13-7(2)9-4-11/h6-7H,5H2,1-2H3. The molecule has 0 aliphatic rings. The van der Waals surface area contributed by atoms with Crippen molar-refractivity contribution in [2.45, 2.75) is 26.3 Å². The molecule has 0 fully saturated rings. The number of aliphatic imine (C=N–C) groups is 2. The Morgan fingerprint density at radius 3 is 1.77 bits per heavy atom. The van der Waals surface area contributed by atoms with Crippen LogP contribution in [-0.4, -0.2) is 31.4 Å².